The van der Waals surface area contributed by atoms with E-state index >= 15 is 0 Å². The summed E-state index contributed by atoms with van der Waals surface area (Å²) in [7, 11) is 1.89. The summed E-state index contributed by atoms with van der Waals surface area (Å²) in [6.45, 7) is 3.49. The van der Waals surface area contributed by atoms with E-state index in [-0.39, 0.29) is 5.91 Å². The van der Waals surface area contributed by atoms with Gasteiger partial charge in [-0.3, -0.25) is 4.79 Å². The van der Waals surface area contributed by atoms with Gasteiger partial charge in [0.15, 0.2) is 5.13 Å². The molecule has 6 heteroatoms. The van der Waals surface area contributed by atoms with Crippen molar-refractivity contribution in [2.75, 3.05) is 25.0 Å². The van der Waals surface area contributed by atoms with E-state index in [1.54, 1.807) is 18.3 Å². The molecule has 0 unspecified atom stereocenters. The van der Waals surface area contributed by atoms with E-state index in [2.05, 4.69) is 16.0 Å². The number of benzene rings is 1. The lowest BCUT2D eigenvalue weighted by Crippen LogP contribution is -2.45. The summed E-state index contributed by atoms with van der Waals surface area (Å²) in [5.41, 5.74) is 0.891. The molecule has 1 aliphatic heterocycles. The van der Waals surface area contributed by atoms with Crippen LogP contribution in [-0.4, -0.2) is 42.0 Å². The fourth-order valence-corrected chi connectivity index (χ4v) is 4.06. The molecule has 0 atom stereocenters. The van der Waals surface area contributed by atoms with Gasteiger partial charge < -0.3 is 9.80 Å². The SMILES string of the molecule is CC(=O)N(C)C1CCN(c2nc3c(Cl)cccc3s2)CC1. The highest BCUT2D eigenvalue weighted by atomic mass is 35.5. The number of hydrogen-bond acceptors (Lipinski definition) is 4. The van der Waals surface area contributed by atoms with Crippen LogP contribution >= 0.6 is 22.9 Å². The molecule has 0 radical (unpaired) electrons. The molecule has 1 aromatic heterocycles. The predicted molar refractivity (Wildman–Crippen MR) is 88.3 cm³/mol. The standard InChI is InChI=1S/C15H18ClN3OS/c1-10(20)18(2)11-6-8-19(9-7-11)15-17-14-12(16)4-3-5-13(14)21-15/h3-5,11H,6-9H2,1-2H3. The Morgan fingerprint density at radius 1 is 1.43 bits per heavy atom. The molecule has 0 spiro atoms. The van der Waals surface area contributed by atoms with Crippen LogP contribution in [0.15, 0.2) is 18.2 Å². The second-order valence-electron chi connectivity index (χ2n) is 5.43. The van der Waals surface area contributed by atoms with E-state index in [0.717, 1.165) is 41.3 Å². The number of hydrogen-bond donors (Lipinski definition) is 0. The number of anilines is 1. The quantitative estimate of drug-likeness (QED) is 0.850. The number of para-hydroxylation sites is 1. The third kappa shape index (κ3) is 2.85. The summed E-state index contributed by atoms with van der Waals surface area (Å²) in [5, 5.41) is 1.74. The Labute approximate surface area is 133 Å². The number of carbonyl (C=O) groups excluding carboxylic acids is 1. The van der Waals surface area contributed by atoms with Crippen LogP contribution in [0.25, 0.3) is 10.2 Å². The Morgan fingerprint density at radius 3 is 2.76 bits per heavy atom. The van der Waals surface area contributed by atoms with Gasteiger partial charge in [-0.1, -0.05) is 29.0 Å². The zero-order chi connectivity index (χ0) is 15.0. The molecular formula is C15H18ClN3OS. The molecule has 1 amide bonds. The first-order valence-electron chi connectivity index (χ1n) is 7.09. The van der Waals surface area contributed by atoms with E-state index in [4.69, 9.17) is 11.6 Å². The molecule has 1 aliphatic rings. The van der Waals surface area contributed by atoms with Gasteiger partial charge >= 0.3 is 0 Å². The normalized spacial score (nSPS) is 16.4. The molecule has 1 aromatic carbocycles. The number of carbonyl (C=O) groups is 1. The number of aromatic nitrogens is 1. The number of rotatable bonds is 2. The predicted octanol–water partition coefficient (Wildman–Crippen LogP) is 3.40. The summed E-state index contributed by atoms with van der Waals surface area (Å²) in [6, 6.07) is 6.23. The maximum atomic E-state index is 11.4. The molecule has 2 heterocycles. The molecular weight excluding hydrogens is 306 g/mol. The van der Waals surface area contributed by atoms with Crippen molar-refractivity contribution in [3.63, 3.8) is 0 Å². The summed E-state index contributed by atoms with van der Waals surface area (Å²) >= 11 is 7.87. The number of fused-ring (bicyclic) bond motifs is 1. The second-order valence-corrected chi connectivity index (χ2v) is 6.85. The maximum Gasteiger partial charge on any atom is 0.219 e. The van der Waals surface area contributed by atoms with Gasteiger partial charge in [-0.15, -0.1) is 0 Å². The minimum absolute atomic E-state index is 0.139. The first kappa shape index (κ1) is 14.6. The third-order valence-electron chi connectivity index (χ3n) is 4.14. The lowest BCUT2D eigenvalue weighted by atomic mass is 10.0. The minimum atomic E-state index is 0.139. The fourth-order valence-electron chi connectivity index (χ4n) is 2.74. The molecule has 1 saturated heterocycles. The monoisotopic (exact) mass is 323 g/mol. The van der Waals surface area contributed by atoms with Gasteiger partial charge in [-0.25, -0.2) is 4.98 Å². The molecule has 4 nitrogen and oxygen atoms in total. The number of halogens is 1. The molecule has 0 bridgehead atoms. The summed E-state index contributed by atoms with van der Waals surface area (Å²) in [4.78, 5) is 20.3. The van der Waals surface area contributed by atoms with Gasteiger partial charge in [0, 0.05) is 33.1 Å². The van der Waals surface area contributed by atoms with E-state index in [1.165, 1.54) is 0 Å². The lowest BCUT2D eigenvalue weighted by Gasteiger charge is -2.36. The molecule has 0 N–H and O–H groups in total. The molecule has 2 aromatic rings. The molecule has 21 heavy (non-hydrogen) atoms. The zero-order valence-corrected chi connectivity index (χ0v) is 13.7. The maximum absolute atomic E-state index is 11.4. The Balaban J connectivity index is 1.74. The zero-order valence-electron chi connectivity index (χ0n) is 12.2. The second kappa shape index (κ2) is 5.81. The van der Waals surface area contributed by atoms with E-state index in [0.29, 0.717) is 11.1 Å². The van der Waals surface area contributed by atoms with Crippen LogP contribution in [0.4, 0.5) is 5.13 Å². The first-order valence-corrected chi connectivity index (χ1v) is 8.29. The summed E-state index contributed by atoms with van der Waals surface area (Å²) in [6.07, 6.45) is 1.97. The van der Waals surface area contributed by atoms with Crippen molar-refractivity contribution in [2.45, 2.75) is 25.8 Å². The Bertz CT molecular complexity index is 664. The van der Waals surface area contributed by atoms with Crippen LogP contribution in [0, 0.1) is 0 Å². The average Bonchev–Trinajstić information content (AvgIpc) is 2.92. The van der Waals surface area contributed by atoms with Crippen molar-refractivity contribution in [1.82, 2.24) is 9.88 Å². The number of nitrogens with zero attached hydrogens (tertiary/aromatic N) is 3. The average molecular weight is 324 g/mol. The van der Waals surface area contributed by atoms with Crippen LogP contribution < -0.4 is 4.90 Å². The molecule has 3 rings (SSSR count). The molecule has 112 valence electrons. The molecule has 1 fully saturated rings. The number of thiazole rings is 1. The first-order chi connectivity index (χ1) is 10.1. The van der Waals surface area contributed by atoms with Gasteiger partial charge in [0.2, 0.25) is 5.91 Å². The van der Waals surface area contributed by atoms with Gasteiger partial charge in [0.25, 0.3) is 0 Å². The molecule has 0 saturated carbocycles. The topological polar surface area (TPSA) is 36.4 Å². The van der Waals surface area contributed by atoms with Crippen LogP contribution in [-0.2, 0) is 4.79 Å². The molecule has 0 aliphatic carbocycles. The van der Waals surface area contributed by atoms with Gasteiger partial charge in [0.1, 0.15) is 5.52 Å². The van der Waals surface area contributed by atoms with Crippen molar-refractivity contribution in [3.8, 4) is 0 Å². The van der Waals surface area contributed by atoms with Gasteiger partial charge in [-0.05, 0) is 25.0 Å². The number of piperidine rings is 1. The Kier molecular flexibility index (Phi) is 4.04. The Morgan fingerprint density at radius 2 is 2.14 bits per heavy atom. The van der Waals surface area contributed by atoms with Crippen LogP contribution in [0.1, 0.15) is 19.8 Å². The van der Waals surface area contributed by atoms with Crippen molar-refractivity contribution in [2.24, 2.45) is 0 Å². The minimum Gasteiger partial charge on any atom is -0.348 e. The lowest BCUT2D eigenvalue weighted by molar-refractivity contribution is -0.129. The largest absolute Gasteiger partial charge is 0.348 e. The van der Waals surface area contributed by atoms with Crippen LogP contribution in [0.5, 0.6) is 0 Å². The van der Waals surface area contributed by atoms with Gasteiger partial charge in [0.05, 0.1) is 9.72 Å². The van der Waals surface area contributed by atoms with E-state index in [9.17, 15) is 4.79 Å². The summed E-state index contributed by atoms with van der Waals surface area (Å²) in [5.74, 6) is 0.139. The van der Waals surface area contributed by atoms with Crippen molar-refractivity contribution >= 4 is 44.2 Å². The highest BCUT2D eigenvalue weighted by Gasteiger charge is 2.25. The smallest absolute Gasteiger partial charge is 0.219 e. The van der Waals surface area contributed by atoms with Gasteiger partial charge in [-0.2, -0.15) is 0 Å². The van der Waals surface area contributed by atoms with Crippen LogP contribution in [0.3, 0.4) is 0 Å². The highest BCUT2D eigenvalue weighted by Crippen LogP contribution is 2.34. The Hall–Kier alpha value is -1.33. The van der Waals surface area contributed by atoms with Crippen molar-refractivity contribution in [3.05, 3.63) is 23.2 Å². The van der Waals surface area contributed by atoms with Crippen molar-refractivity contribution in [1.29, 1.82) is 0 Å². The van der Waals surface area contributed by atoms with E-state index < -0.39 is 0 Å². The number of amides is 1. The summed E-state index contributed by atoms with van der Waals surface area (Å²) < 4.78 is 1.13. The van der Waals surface area contributed by atoms with Crippen molar-refractivity contribution < 1.29 is 4.79 Å². The third-order valence-corrected chi connectivity index (χ3v) is 5.52. The van der Waals surface area contributed by atoms with E-state index in [1.807, 2.05) is 24.1 Å². The fraction of sp³-hybridized carbons (Fsp3) is 0.467. The highest BCUT2D eigenvalue weighted by molar-refractivity contribution is 7.22. The van der Waals surface area contributed by atoms with Crippen LogP contribution in [0.2, 0.25) is 5.02 Å².